The lowest BCUT2D eigenvalue weighted by atomic mass is 10.1. The fourth-order valence-corrected chi connectivity index (χ4v) is 2.60. The number of nitrogens with zero attached hydrogens (tertiary/aromatic N) is 2. The van der Waals surface area contributed by atoms with Crippen molar-refractivity contribution in [1.82, 2.24) is 10.3 Å². The highest BCUT2D eigenvalue weighted by Crippen LogP contribution is 2.18. The Bertz CT molecular complexity index is 572. The molecule has 5 heteroatoms. The Labute approximate surface area is 129 Å². The fourth-order valence-electron chi connectivity index (χ4n) is 1.87. The zero-order valence-corrected chi connectivity index (χ0v) is 13.8. The van der Waals surface area contributed by atoms with Gasteiger partial charge in [-0.25, -0.2) is 9.37 Å². The minimum Gasteiger partial charge on any atom is -0.369 e. The average Bonchev–Trinajstić information content (AvgIpc) is 2.84. The standard InChI is InChI=1S/C16H22FN3S/c1-16(2,3)18-9-15-19-13(11-21-15)10-20(4)14-7-5-12(17)6-8-14/h5-8,11,18H,9-10H2,1-4H3. The van der Waals surface area contributed by atoms with Crippen molar-refractivity contribution >= 4 is 17.0 Å². The quantitative estimate of drug-likeness (QED) is 0.910. The molecule has 3 nitrogen and oxygen atoms in total. The van der Waals surface area contributed by atoms with Crippen LogP contribution in [0.3, 0.4) is 0 Å². The molecular formula is C16H22FN3S. The molecule has 0 aliphatic carbocycles. The molecule has 0 saturated carbocycles. The summed E-state index contributed by atoms with van der Waals surface area (Å²) in [6, 6.07) is 6.52. The first-order valence-electron chi connectivity index (χ1n) is 6.98. The van der Waals surface area contributed by atoms with E-state index in [1.165, 1.54) is 12.1 Å². The Morgan fingerprint density at radius 3 is 2.52 bits per heavy atom. The summed E-state index contributed by atoms with van der Waals surface area (Å²) in [5, 5.41) is 6.61. The van der Waals surface area contributed by atoms with Crippen LogP contribution in [0.1, 0.15) is 31.5 Å². The molecule has 1 heterocycles. The van der Waals surface area contributed by atoms with Gasteiger partial charge in [0.15, 0.2) is 0 Å². The maximum absolute atomic E-state index is 12.9. The molecule has 0 saturated heterocycles. The second kappa shape index (κ2) is 6.54. The van der Waals surface area contributed by atoms with Crippen molar-refractivity contribution in [3.63, 3.8) is 0 Å². The lowest BCUT2D eigenvalue weighted by Crippen LogP contribution is -2.35. The predicted octanol–water partition coefficient (Wildman–Crippen LogP) is 3.81. The summed E-state index contributed by atoms with van der Waals surface area (Å²) < 4.78 is 12.9. The van der Waals surface area contributed by atoms with E-state index in [9.17, 15) is 4.39 Å². The summed E-state index contributed by atoms with van der Waals surface area (Å²) in [5.41, 5.74) is 2.12. The monoisotopic (exact) mass is 307 g/mol. The molecule has 0 bridgehead atoms. The molecule has 1 aromatic carbocycles. The molecule has 1 N–H and O–H groups in total. The summed E-state index contributed by atoms with van der Waals surface area (Å²) >= 11 is 1.67. The van der Waals surface area contributed by atoms with Crippen LogP contribution in [0.2, 0.25) is 0 Å². The Balaban J connectivity index is 1.94. The number of thiazole rings is 1. The van der Waals surface area contributed by atoms with Gasteiger partial charge >= 0.3 is 0 Å². The number of anilines is 1. The van der Waals surface area contributed by atoms with Crippen LogP contribution in [0, 0.1) is 5.82 Å². The molecule has 0 spiro atoms. The third-order valence-electron chi connectivity index (χ3n) is 3.04. The SMILES string of the molecule is CN(Cc1csc(CNC(C)(C)C)n1)c1ccc(F)cc1. The third kappa shape index (κ3) is 5.10. The van der Waals surface area contributed by atoms with Crippen LogP contribution in [-0.2, 0) is 13.1 Å². The Hall–Kier alpha value is -1.46. The molecule has 0 radical (unpaired) electrons. The van der Waals surface area contributed by atoms with Crippen LogP contribution in [0.5, 0.6) is 0 Å². The van der Waals surface area contributed by atoms with Gasteiger partial charge in [0.2, 0.25) is 0 Å². The lowest BCUT2D eigenvalue weighted by molar-refractivity contribution is 0.423. The van der Waals surface area contributed by atoms with Gasteiger partial charge in [-0.1, -0.05) is 0 Å². The van der Waals surface area contributed by atoms with Gasteiger partial charge in [-0.3, -0.25) is 0 Å². The molecule has 2 aromatic rings. The van der Waals surface area contributed by atoms with E-state index in [4.69, 9.17) is 0 Å². The minimum absolute atomic E-state index is 0.0940. The van der Waals surface area contributed by atoms with Gasteiger partial charge in [0, 0.05) is 30.2 Å². The molecule has 1 aromatic heterocycles. The Morgan fingerprint density at radius 2 is 1.90 bits per heavy atom. The van der Waals surface area contributed by atoms with Crippen molar-refractivity contribution in [3.05, 3.63) is 46.2 Å². The van der Waals surface area contributed by atoms with E-state index in [1.54, 1.807) is 23.5 Å². The van der Waals surface area contributed by atoms with Crippen molar-refractivity contribution in [3.8, 4) is 0 Å². The minimum atomic E-state index is -0.212. The Kier molecular flexibility index (Phi) is 4.96. The third-order valence-corrected chi connectivity index (χ3v) is 3.93. The topological polar surface area (TPSA) is 28.2 Å². The molecule has 21 heavy (non-hydrogen) atoms. The smallest absolute Gasteiger partial charge is 0.123 e. The summed E-state index contributed by atoms with van der Waals surface area (Å²) in [6.45, 7) is 7.93. The first kappa shape index (κ1) is 15.9. The molecule has 0 amide bonds. The van der Waals surface area contributed by atoms with Gasteiger partial charge in [0.1, 0.15) is 10.8 Å². The van der Waals surface area contributed by atoms with Crippen LogP contribution >= 0.6 is 11.3 Å². The summed E-state index contributed by atoms with van der Waals surface area (Å²) in [5.74, 6) is -0.212. The highest BCUT2D eigenvalue weighted by molar-refractivity contribution is 7.09. The Morgan fingerprint density at radius 1 is 1.24 bits per heavy atom. The first-order valence-corrected chi connectivity index (χ1v) is 7.86. The van der Waals surface area contributed by atoms with Crippen LogP contribution < -0.4 is 10.2 Å². The van der Waals surface area contributed by atoms with Gasteiger partial charge in [-0.15, -0.1) is 11.3 Å². The van der Waals surface area contributed by atoms with Crippen LogP contribution in [-0.4, -0.2) is 17.6 Å². The van der Waals surface area contributed by atoms with E-state index in [2.05, 4.69) is 41.4 Å². The first-order chi connectivity index (χ1) is 9.83. The zero-order chi connectivity index (χ0) is 15.5. The van der Waals surface area contributed by atoms with Gasteiger partial charge < -0.3 is 10.2 Å². The summed E-state index contributed by atoms with van der Waals surface area (Å²) in [6.07, 6.45) is 0. The number of rotatable bonds is 5. The van der Waals surface area contributed by atoms with Crippen molar-refractivity contribution < 1.29 is 4.39 Å². The number of nitrogens with one attached hydrogen (secondary N) is 1. The number of benzene rings is 1. The second-order valence-electron chi connectivity index (χ2n) is 6.17. The van der Waals surface area contributed by atoms with Crippen molar-refractivity contribution in [2.45, 2.75) is 39.4 Å². The van der Waals surface area contributed by atoms with Crippen LogP contribution in [0.25, 0.3) is 0 Å². The second-order valence-corrected chi connectivity index (χ2v) is 7.11. The van der Waals surface area contributed by atoms with E-state index in [1.807, 2.05) is 7.05 Å². The molecule has 0 aliphatic heterocycles. The van der Waals surface area contributed by atoms with Crippen molar-refractivity contribution in [2.75, 3.05) is 11.9 Å². The van der Waals surface area contributed by atoms with Gasteiger partial charge in [-0.05, 0) is 45.0 Å². The van der Waals surface area contributed by atoms with E-state index in [0.717, 1.165) is 29.5 Å². The molecular weight excluding hydrogens is 285 g/mol. The molecule has 114 valence electrons. The van der Waals surface area contributed by atoms with Crippen LogP contribution in [0.4, 0.5) is 10.1 Å². The van der Waals surface area contributed by atoms with Gasteiger partial charge in [-0.2, -0.15) is 0 Å². The van der Waals surface area contributed by atoms with E-state index < -0.39 is 0 Å². The van der Waals surface area contributed by atoms with Crippen molar-refractivity contribution in [2.24, 2.45) is 0 Å². The summed E-state index contributed by atoms with van der Waals surface area (Å²) in [4.78, 5) is 6.70. The average molecular weight is 307 g/mol. The number of hydrogen-bond acceptors (Lipinski definition) is 4. The molecule has 0 aliphatic rings. The predicted molar refractivity (Wildman–Crippen MR) is 87.2 cm³/mol. The van der Waals surface area contributed by atoms with Gasteiger partial charge in [0.25, 0.3) is 0 Å². The lowest BCUT2D eigenvalue weighted by Gasteiger charge is -2.19. The maximum atomic E-state index is 12.9. The maximum Gasteiger partial charge on any atom is 0.123 e. The molecule has 0 unspecified atom stereocenters. The molecule has 2 rings (SSSR count). The van der Waals surface area contributed by atoms with Crippen LogP contribution in [0.15, 0.2) is 29.6 Å². The van der Waals surface area contributed by atoms with Crippen molar-refractivity contribution in [1.29, 1.82) is 0 Å². The number of aromatic nitrogens is 1. The van der Waals surface area contributed by atoms with E-state index in [-0.39, 0.29) is 11.4 Å². The number of halogens is 1. The highest BCUT2D eigenvalue weighted by Gasteiger charge is 2.11. The molecule has 0 atom stereocenters. The molecule has 0 fully saturated rings. The fraction of sp³-hybridized carbons (Fsp3) is 0.438. The number of hydrogen-bond donors (Lipinski definition) is 1. The highest BCUT2D eigenvalue weighted by atomic mass is 32.1. The summed E-state index contributed by atoms with van der Waals surface area (Å²) in [7, 11) is 1.99. The van der Waals surface area contributed by atoms with E-state index in [0.29, 0.717) is 0 Å². The largest absolute Gasteiger partial charge is 0.369 e. The van der Waals surface area contributed by atoms with Gasteiger partial charge in [0.05, 0.1) is 12.2 Å². The zero-order valence-electron chi connectivity index (χ0n) is 13.0. The van der Waals surface area contributed by atoms with E-state index >= 15 is 0 Å². The normalized spacial score (nSPS) is 11.7.